The lowest BCUT2D eigenvalue weighted by atomic mass is 10.0. The summed E-state index contributed by atoms with van der Waals surface area (Å²) < 4.78 is 5.35. The summed E-state index contributed by atoms with van der Waals surface area (Å²) in [5.41, 5.74) is 3.39. The summed E-state index contributed by atoms with van der Waals surface area (Å²) in [5.74, 6) is 0.486. The fourth-order valence-electron chi connectivity index (χ4n) is 1.98. The van der Waals surface area contributed by atoms with Gasteiger partial charge in [0.1, 0.15) is 17.9 Å². The molecule has 0 aliphatic heterocycles. The Balaban J connectivity index is 2.26. The average Bonchev–Trinajstić information content (AvgIpc) is 2.64. The number of hydrazone groups is 1. The van der Waals surface area contributed by atoms with Gasteiger partial charge in [0, 0.05) is 11.1 Å². The minimum Gasteiger partial charge on any atom is -0.494 e. The summed E-state index contributed by atoms with van der Waals surface area (Å²) in [5, 5.41) is 21.3. The average molecular weight is 353 g/mol. The molecule has 0 radical (unpaired) electrons. The molecule has 0 fully saturated rings. The first-order chi connectivity index (χ1) is 12.1. The number of ketones is 1. The van der Waals surface area contributed by atoms with E-state index in [2.05, 4.69) is 10.5 Å². The van der Waals surface area contributed by atoms with E-state index in [0.717, 1.165) is 0 Å². The monoisotopic (exact) mass is 352 g/mol. The van der Waals surface area contributed by atoms with Crippen molar-refractivity contribution < 1.29 is 9.53 Å². The number of rotatable bonds is 6. The number of ether oxygens (including phenoxy) is 1. The third-order valence-electron chi connectivity index (χ3n) is 3.16. The molecule has 0 aliphatic rings. The Kier molecular flexibility index (Phi) is 6.11. The number of nitrogens with zero attached hydrogens (tertiary/aromatic N) is 3. The number of hydrogen-bond acceptors (Lipinski definition) is 6. The lowest BCUT2D eigenvalue weighted by molar-refractivity contribution is 0.103. The zero-order valence-corrected chi connectivity index (χ0v) is 14.0. The molecule has 0 bridgehead atoms. The van der Waals surface area contributed by atoms with Crippen molar-refractivity contribution in [2.75, 3.05) is 12.0 Å². The number of benzene rings is 2. The second kappa shape index (κ2) is 8.49. The maximum atomic E-state index is 12.6. The van der Waals surface area contributed by atoms with E-state index in [9.17, 15) is 4.79 Å². The van der Waals surface area contributed by atoms with Gasteiger partial charge in [-0.2, -0.15) is 15.6 Å². The van der Waals surface area contributed by atoms with Crippen LogP contribution < -0.4 is 10.2 Å². The van der Waals surface area contributed by atoms with Crippen molar-refractivity contribution in [2.24, 2.45) is 5.10 Å². The van der Waals surface area contributed by atoms with Crippen LogP contribution in [0.5, 0.6) is 5.75 Å². The summed E-state index contributed by atoms with van der Waals surface area (Å²) in [6, 6.07) is 14.7. The Morgan fingerprint density at radius 3 is 2.40 bits per heavy atom. The normalized spacial score (nSPS) is 9.44. The molecule has 6 nitrogen and oxygen atoms in total. The van der Waals surface area contributed by atoms with Crippen LogP contribution in [0.1, 0.15) is 22.8 Å². The highest BCUT2D eigenvalue weighted by atomic mass is 35.5. The van der Waals surface area contributed by atoms with E-state index in [-0.39, 0.29) is 11.5 Å². The molecule has 25 heavy (non-hydrogen) atoms. The standard InChI is InChI=1S/C18H13ClN4O2/c1-2-25-15-6-3-12(4-7-15)18(24)13-5-8-16(19)17(9-13)23-22-14(10-20)11-21/h3-9,23H,2H2,1H3. The quantitative estimate of drug-likeness (QED) is 0.484. The molecule has 0 unspecified atom stereocenters. The second-order valence-corrected chi connectivity index (χ2v) is 5.18. The third-order valence-corrected chi connectivity index (χ3v) is 3.49. The second-order valence-electron chi connectivity index (χ2n) is 4.78. The molecular weight excluding hydrogens is 340 g/mol. The van der Waals surface area contributed by atoms with Crippen molar-refractivity contribution in [1.82, 2.24) is 0 Å². The maximum absolute atomic E-state index is 12.6. The number of nitriles is 2. The summed E-state index contributed by atoms with van der Waals surface area (Å²) in [6.45, 7) is 2.43. The lowest BCUT2D eigenvalue weighted by Gasteiger charge is -2.08. The minimum absolute atomic E-state index is 0.201. The fraction of sp³-hybridized carbons (Fsp3) is 0.111. The molecule has 2 rings (SSSR count). The smallest absolute Gasteiger partial charge is 0.237 e. The van der Waals surface area contributed by atoms with Crippen molar-refractivity contribution in [3.8, 4) is 17.9 Å². The van der Waals surface area contributed by atoms with E-state index < -0.39 is 0 Å². The molecule has 2 aromatic carbocycles. The van der Waals surface area contributed by atoms with Gasteiger partial charge >= 0.3 is 0 Å². The molecule has 0 amide bonds. The molecule has 0 aliphatic carbocycles. The first-order valence-corrected chi connectivity index (χ1v) is 7.67. The van der Waals surface area contributed by atoms with Gasteiger partial charge < -0.3 is 4.74 Å². The molecule has 124 valence electrons. The van der Waals surface area contributed by atoms with Gasteiger partial charge in [-0.05, 0) is 49.4 Å². The van der Waals surface area contributed by atoms with Gasteiger partial charge in [0.25, 0.3) is 0 Å². The first-order valence-electron chi connectivity index (χ1n) is 7.30. The highest BCUT2D eigenvalue weighted by molar-refractivity contribution is 6.33. The molecule has 2 aromatic rings. The van der Waals surface area contributed by atoms with E-state index in [0.29, 0.717) is 34.2 Å². The largest absolute Gasteiger partial charge is 0.494 e. The van der Waals surface area contributed by atoms with E-state index in [1.165, 1.54) is 6.07 Å². The van der Waals surface area contributed by atoms with Crippen LogP contribution in [0.25, 0.3) is 0 Å². The van der Waals surface area contributed by atoms with Gasteiger partial charge in [-0.25, -0.2) is 0 Å². The van der Waals surface area contributed by atoms with Crippen LogP contribution in [0, 0.1) is 22.7 Å². The Morgan fingerprint density at radius 2 is 1.80 bits per heavy atom. The SMILES string of the molecule is CCOc1ccc(C(=O)c2ccc(Cl)c(NN=C(C#N)C#N)c2)cc1. The first kappa shape index (κ1) is 18.0. The number of anilines is 1. The van der Waals surface area contributed by atoms with E-state index in [4.69, 9.17) is 26.9 Å². The summed E-state index contributed by atoms with van der Waals surface area (Å²) in [7, 11) is 0. The molecule has 0 atom stereocenters. The van der Waals surface area contributed by atoms with Crippen LogP contribution >= 0.6 is 11.6 Å². The highest BCUT2D eigenvalue weighted by Gasteiger charge is 2.12. The van der Waals surface area contributed by atoms with Crippen LogP contribution in [0.2, 0.25) is 5.02 Å². The molecule has 0 heterocycles. The number of carbonyl (C=O) groups is 1. The zero-order chi connectivity index (χ0) is 18.2. The fourth-order valence-corrected chi connectivity index (χ4v) is 2.14. The van der Waals surface area contributed by atoms with Crippen molar-refractivity contribution in [1.29, 1.82) is 10.5 Å². The molecule has 0 saturated carbocycles. The number of nitrogens with one attached hydrogen (secondary N) is 1. The third kappa shape index (κ3) is 4.57. The van der Waals surface area contributed by atoms with Crippen molar-refractivity contribution in [3.05, 3.63) is 58.6 Å². The van der Waals surface area contributed by atoms with Gasteiger partial charge in [-0.3, -0.25) is 10.2 Å². The summed E-state index contributed by atoms with van der Waals surface area (Å²) >= 11 is 6.05. The van der Waals surface area contributed by atoms with Gasteiger partial charge in [-0.15, -0.1) is 0 Å². The van der Waals surface area contributed by atoms with E-state index in [1.807, 2.05) is 6.92 Å². The van der Waals surface area contributed by atoms with Gasteiger partial charge in [0.05, 0.1) is 17.3 Å². The number of carbonyl (C=O) groups excluding carboxylic acids is 1. The van der Waals surface area contributed by atoms with Crippen molar-refractivity contribution >= 4 is 28.8 Å². The predicted octanol–water partition coefficient (Wildman–Crippen LogP) is 3.78. The Bertz CT molecular complexity index is 877. The maximum Gasteiger partial charge on any atom is 0.237 e. The predicted molar refractivity (Wildman–Crippen MR) is 94.8 cm³/mol. The zero-order valence-electron chi connectivity index (χ0n) is 13.3. The molecule has 0 aromatic heterocycles. The lowest BCUT2D eigenvalue weighted by Crippen LogP contribution is -2.03. The van der Waals surface area contributed by atoms with Crippen LogP contribution in [-0.4, -0.2) is 18.1 Å². The molecule has 0 spiro atoms. The van der Waals surface area contributed by atoms with Gasteiger partial charge in [0.2, 0.25) is 5.71 Å². The van der Waals surface area contributed by atoms with E-state index in [1.54, 1.807) is 48.5 Å². The van der Waals surface area contributed by atoms with Gasteiger partial charge in [-0.1, -0.05) is 11.6 Å². The summed E-state index contributed by atoms with van der Waals surface area (Å²) in [6.07, 6.45) is 0. The molecule has 7 heteroatoms. The van der Waals surface area contributed by atoms with Crippen molar-refractivity contribution in [2.45, 2.75) is 6.92 Å². The Labute approximate surface area is 149 Å². The Hall–Kier alpha value is -3.35. The summed E-state index contributed by atoms with van der Waals surface area (Å²) in [4.78, 5) is 12.6. The van der Waals surface area contributed by atoms with Crippen molar-refractivity contribution in [3.63, 3.8) is 0 Å². The Morgan fingerprint density at radius 1 is 1.16 bits per heavy atom. The van der Waals surface area contributed by atoms with Crippen LogP contribution in [0.4, 0.5) is 5.69 Å². The van der Waals surface area contributed by atoms with E-state index >= 15 is 0 Å². The highest BCUT2D eigenvalue weighted by Crippen LogP contribution is 2.25. The number of hydrogen-bond donors (Lipinski definition) is 1. The van der Waals surface area contributed by atoms with Crippen LogP contribution in [0.15, 0.2) is 47.6 Å². The number of halogens is 1. The molecule has 0 saturated heterocycles. The molecule has 1 N–H and O–H groups in total. The molecular formula is C18H13ClN4O2. The van der Waals surface area contributed by atoms with Crippen LogP contribution in [0.3, 0.4) is 0 Å². The topological polar surface area (TPSA) is 98.3 Å². The minimum atomic E-state index is -0.348. The van der Waals surface area contributed by atoms with Gasteiger partial charge in [0.15, 0.2) is 5.78 Å². The van der Waals surface area contributed by atoms with Crippen LogP contribution in [-0.2, 0) is 0 Å².